The Kier molecular flexibility index (Phi) is 3.31. The second kappa shape index (κ2) is 4.07. The molecule has 0 saturated heterocycles. The molecule has 0 aliphatic carbocycles. The minimum absolute atomic E-state index is 0.127. The maximum Gasteiger partial charge on any atom is 0.418 e. The van der Waals surface area contributed by atoms with Gasteiger partial charge in [0.25, 0.3) is 0 Å². The van der Waals surface area contributed by atoms with E-state index in [-0.39, 0.29) is 17.0 Å². The predicted octanol–water partition coefficient (Wildman–Crippen LogP) is 4.25. The standard InChI is InChI=1S/C12H16F3N/c1-8(11(2,3)4)10-9(12(13,14)15)6-5-7-16-10/h5-8H,1-4H3. The maximum absolute atomic E-state index is 12.8. The first-order valence-electron chi connectivity index (χ1n) is 5.16. The van der Waals surface area contributed by atoms with Crippen LogP contribution >= 0.6 is 0 Å². The summed E-state index contributed by atoms with van der Waals surface area (Å²) in [5.41, 5.74) is -0.742. The lowest BCUT2D eigenvalue weighted by Crippen LogP contribution is -2.21. The predicted molar refractivity (Wildman–Crippen MR) is 57.1 cm³/mol. The Bertz CT molecular complexity index is 363. The summed E-state index contributed by atoms with van der Waals surface area (Å²) >= 11 is 0. The van der Waals surface area contributed by atoms with Gasteiger partial charge in [-0.1, -0.05) is 27.7 Å². The van der Waals surface area contributed by atoms with E-state index in [1.165, 1.54) is 12.3 Å². The van der Waals surface area contributed by atoms with Gasteiger partial charge in [-0.15, -0.1) is 0 Å². The van der Waals surface area contributed by atoms with E-state index >= 15 is 0 Å². The molecule has 0 aliphatic rings. The number of alkyl halides is 3. The number of hydrogen-bond donors (Lipinski definition) is 0. The van der Waals surface area contributed by atoms with Crippen LogP contribution in [0.25, 0.3) is 0 Å². The van der Waals surface area contributed by atoms with Crippen molar-refractivity contribution in [1.82, 2.24) is 4.98 Å². The molecule has 0 N–H and O–H groups in total. The molecule has 0 aliphatic heterocycles. The molecule has 0 bridgehead atoms. The average molecular weight is 231 g/mol. The number of halogens is 3. The zero-order valence-electron chi connectivity index (χ0n) is 9.89. The number of aromatic nitrogens is 1. The molecule has 1 aromatic rings. The summed E-state index contributed by atoms with van der Waals surface area (Å²) in [7, 11) is 0. The van der Waals surface area contributed by atoms with E-state index in [0.29, 0.717) is 0 Å². The van der Waals surface area contributed by atoms with Gasteiger partial charge in [-0.2, -0.15) is 13.2 Å². The second-order valence-electron chi connectivity index (χ2n) is 5.02. The molecule has 1 atom stereocenters. The molecule has 0 spiro atoms. The molecule has 0 amide bonds. The van der Waals surface area contributed by atoms with Gasteiger partial charge in [0, 0.05) is 12.1 Å². The summed E-state index contributed by atoms with van der Waals surface area (Å²) in [6.07, 6.45) is -2.92. The Morgan fingerprint density at radius 1 is 1.19 bits per heavy atom. The van der Waals surface area contributed by atoms with Crippen molar-refractivity contribution in [3.63, 3.8) is 0 Å². The Morgan fingerprint density at radius 3 is 2.19 bits per heavy atom. The Hall–Kier alpha value is -1.06. The van der Waals surface area contributed by atoms with Crippen molar-refractivity contribution in [2.24, 2.45) is 5.41 Å². The average Bonchev–Trinajstić information content (AvgIpc) is 2.14. The summed E-state index contributed by atoms with van der Waals surface area (Å²) in [5.74, 6) is -0.245. The third-order valence-electron chi connectivity index (χ3n) is 2.85. The summed E-state index contributed by atoms with van der Waals surface area (Å²) in [5, 5.41) is 0. The first kappa shape index (κ1) is 13.0. The fourth-order valence-corrected chi connectivity index (χ4v) is 1.41. The summed E-state index contributed by atoms with van der Waals surface area (Å²) in [6, 6.07) is 2.41. The normalized spacial score (nSPS) is 14.9. The topological polar surface area (TPSA) is 12.9 Å². The second-order valence-corrected chi connectivity index (χ2v) is 5.02. The Morgan fingerprint density at radius 2 is 1.75 bits per heavy atom. The van der Waals surface area contributed by atoms with Crippen LogP contribution in [-0.4, -0.2) is 4.98 Å². The highest BCUT2D eigenvalue weighted by Crippen LogP contribution is 2.40. The van der Waals surface area contributed by atoms with Crippen molar-refractivity contribution in [2.45, 2.75) is 39.8 Å². The summed E-state index contributed by atoms with van der Waals surface area (Å²) < 4.78 is 38.3. The molecule has 1 nitrogen and oxygen atoms in total. The summed E-state index contributed by atoms with van der Waals surface area (Å²) in [4.78, 5) is 3.89. The molecule has 1 aromatic heterocycles. The molecule has 0 radical (unpaired) electrons. The van der Waals surface area contributed by atoms with Gasteiger partial charge in [-0.05, 0) is 17.5 Å². The monoisotopic (exact) mass is 231 g/mol. The first-order chi connectivity index (χ1) is 7.14. The van der Waals surface area contributed by atoms with Crippen molar-refractivity contribution in [1.29, 1.82) is 0 Å². The van der Waals surface area contributed by atoms with Gasteiger partial charge in [0.15, 0.2) is 0 Å². The van der Waals surface area contributed by atoms with Crippen LogP contribution in [0.5, 0.6) is 0 Å². The van der Waals surface area contributed by atoms with Gasteiger partial charge < -0.3 is 0 Å². The van der Waals surface area contributed by atoms with Crippen molar-refractivity contribution in [2.75, 3.05) is 0 Å². The zero-order valence-corrected chi connectivity index (χ0v) is 9.89. The van der Waals surface area contributed by atoms with Crippen molar-refractivity contribution >= 4 is 0 Å². The smallest absolute Gasteiger partial charge is 0.260 e. The molecule has 90 valence electrons. The fourth-order valence-electron chi connectivity index (χ4n) is 1.41. The van der Waals surface area contributed by atoms with Gasteiger partial charge in [0.05, 0.1) is 11.3 Å². The molecule has 0 aromatic carbocycles. The van der Waals surface area contributed by atoms with Crippen LogP contribution in [0.4, 0.5) is 13.2 Å². The Labute approximate surface area is 93.7 Å². The minimum Gasteiger partial charge on any atom is -0.260 e. The van der Waals surface area contributed by atoms with E-state index in [9.17, 15) is 13.2 Å². The lowest BCUT2D eigenvalue weighted by molar-refractivity contribution is -0.138. The maximum atomic E-state index is 12.8. The quantitative estimate of drug-likeness (QED) is 0.704. The van der Waals surface area contributed by atoms with E-state index in [4.69, 9.17) is 0 Å². The number of rotatable bonds is 1. The summed E-state index contributed by atoms with van der Waals surface area (Å²) in [6.45, 7) is 7.50. The van der Waals surface area contributed by atoms with Crippen LogP contribution in [0.3, 0.4) is 0 Å². The van der Waals surface area contributed by atoms with E-state index in [2.05, 4.69) is 4.98 Å². The van der Waals surface area contributed by atoms with E-state index < -0.39 is 11.7 Å². The van der Waals surface area contributed by atoms with Crippen molar-refractivity contribution in [3.05, 3.63) is 29.6 Å². The van der Waals surface area contributed by atoms with E-state index in [1.54, 1.807) is 6.92 Å². The van der Waals surface area contributed by atoms with Gasteiger partial charge >= 0.3 is 6.18 Å². The molecule has 4 heteroatoms. The highest BCUT2D eigenvalue weighted by molar-refractivity contribution is 5.26. The highest BCUT2D eigenvalue weighted by Gasteiger charge is 2.37. The third-order valence-corrected chi connectivity index (χ3v) is 2.85. The van der Waals surface area contributed by atoms with Gasteiger partial charge in [-0.3, -0.25) is 4.98 Å². The molecule has 1 unspecified atom stereocenters. The van der Waals surface area contributed by atoms with E-state index in [1.807, 2.05) is 20.8 Å². The van der Waals surface area contributed by atoms with Crippen LogP contribution < -0.4 is 0 Å². The molecular weight excluding hydrogens is 215 g/mol. The van der Waals surface area contributed by atoms with Gasteiger partial charge in [-0.25, -0.2) is 0 Å². The number of nitrogens with zero attached hydrogens (tertiary/aromatic N) is 1. The largest absolute Gasteiger partial charge is 0.418 e. The molecule has 1 rings (SSSR count). The molecule has 16 heavy (non-hydrogen) atoms. The molecule has 0 fully saturated rings. The lowest BCUT2D eigenvalue weighted by atomic mass is 9.78. The molecular formula is C12H16F3N. The first-order valence-corrected chi connectivity index (χ1v) is 5.16. The van der Waals surface area contributed by atoms with Crippen LogP contribution in [0.2, 0.25) is 0 Å². The zero-order chi connectivity index (χ0) is 12.6. The van der Waals surface area contributed by atoms with Crippen LogP contribution in [-0.2, 0) is 6.18 Å². The van der Waals surface area contributed by atoms with Gasteiger partial charge in [0.2, 0.25) is 0 Å². The Balaban J connectivity index is 3.25. The van der Waals surface area contributed by atoms with Crippen LogP contribution in [0.1, 0.15) is 44.9 Å². The fraction of sp³-hybridized carbons (Fsp3) is 0.583. The number of hydrogen-bond acceptors (Lipinski definition) is 1. The van der Waals surface area contributed by atoms with Gasteiger partial charge in [0.1, 0.15) is 0 Å². The SMILES string of the molecule is CC(c1ncccc1C(F)(F)F)C(C)(C)C. The molecule has 1 heterocycles. The lowest BCUT2D eigenvalue weighted by Gasteiger charge is -2.28. The molecule has 0 saturated carbocycles. The van der Waals surface area contributed by atoms with Crippen molar-refractivity contribution < 1.29 is 13.2 Å². The van der Waals surface area contributed by atoms with Crippen molar-refractivity contribution in [3.8, 4) is 0 Å². The minimum atomic E-state index is -4.33. The van der Waals surface area contributed by atoms with Crippen LogP contribution in [0, 0.1) is 5.41 Å². The van der Waals surface area contributed by atoms with E-state index in [0.717, 1.165) is 6.07 Å². The number of pyridine rings is 1. The highest BCUT2D eigenvalue weighted by atomic mass is 19.4. The van der Waals surface area contributed by atoms with Crippen LogP contribution in [0.15, 0.2) is 18.3 Å². The third kappa shape index (κ3) is 2.74.